The Labute approximate surface area is 105 Å². The molecule has 0 aliphatic heterocycles. The summed E-state index contributed by atoms with van der Waals surface area (Å²) in [5.41, 5.74) is -0.708. The van der Waals surface area contributed by atoms with E-state index in [1.54, 1.807) is 26.8 Å². The van der Waals surface area contributed by atoms with Gasteiger partial charge in [0.2, 0.25) is 5.88 Å². The Kier molecular flexibility index (Phi) is 4.00. The molecule has 1 atom stereocenters. The van der Waals surface area contributed by atoms with Gasteiger partial charge in [0, 0.05) is 6.07 Å². The van der Waals surface area contributed by atoms with Crippen LogP contribution in [0.4, 0.5) is 10.7 Å². The van der Waals surface area contributed by atoms with E-state index in [1.807, 2.05) is 0 Å². The van der Waals surface area contributed by atoms with Crippen molar-refractivity contribution < 1.29 is 23.8 Å². The van der Waals surface area contributed by atoms with E-state index in [0.29, 0.717) is 0 Å². The molecule has 0 aliphatic carbocycles. The number of aliphatic carboxylic acids is 1. The van der Waals surface area contributed by atoms with Crippen LogP contribution in [0.1, 0.15) is 27.7 Å². The van der Waals surface area contributed by atoms with Gasteiger partial charge in [0.15, 0.2) is 0 Å². The summed E-state index contributed by atoms with van der Waals surface area (Å²) in [6, 6.07) is 2.00. The van der Waals surface area contributed by atoms with Gasteiger partial charge in [-0.25, -0.2) is 14.5 Å². The first-order chi connectivity index (χ1) is 8.22. The highest BCUT2D eigenvalue weighted by Crippen LogP contribution is 2.21. The molecule has 0 spiro atoms. The normalized spacial score (nSPS) is 12.9. The Morgan fingerprint density at radius 1 is 1.44 bits per heavy atom. The second-order valence-corrected chi connectivity index (χ2v) is 4.82. The summed E-state index contributed by atoms with van der Waals surface area (Å²) in [5.74, 6) is -1.00. The van der Waals surface area contributed by atoms with Crippen molar-refractivity contribution in [3.05, 3.63) is 18.4 Å². The summed E-state index contributed by atoms with van der Waals surface area (Å²) in [6.07, 6.45) is 0.605. The highest BCUT2D eigenvalue weighted by molar-refractivity contribution is 5.93. The molecule has 0 bridgehead atoms. The number of furan rings is 1. The highest BCUT2D eigenvalue weighted by atomic mass is 16.6. The van der Waals surface area contributed by atoms with Crippen molar-refractivity contribution >= 4 is 17.9 Å². The Morgan fingerprint density at radius 3 is 2.44 bits per heavy atom. The molecule has 1 aromatic heterocycles. The van der Waals surface area contributed by atoms with E-state index in [1.165, 1.54) is 19.3 Å². The predicted octanol–water partition coefficient (Wildman–Crippen LogP) is 2.49. The van der Waals surface area contributed by atoms with Crippen LogP contribution in [-0.4, -0.2) is 28.8 Å². The van der Waals surface area contributed by atoms with Gasteiger partial charge in [-0.05, 0) is 33.8 Å². The van der Waals surface area contributed by atoms with Crippen LogP contribution < -0.4 is 4.90 Å². The van der Waals surface area contributed by atoms with Crippen molar-refractivity contribution in [2.24, 2.45) is 0 Å². The van der Waals surface area contributed by atoms with Gasteiger partial charge in [-0.3, -0.25) is 0 Å². The van der Waals surface area contributed by atoms with E-state index < -0.39 is 23.7 Å². The summed E-state index contributed by atoms with van der Waals surface area (Å²) in [7, 11) is 0. The van der Waals surface area contributed by atoms with Gasteiger partial charge in [0.1, 0.15) is 11.6 Å². The van der Waals surface area contributed by atoms with E-state index in [0.717, 1.165) is 4.90 Å². The van der Waals surface area contributed by atoms with E-state index >= 15 is 0 Å². The van der Waals surface area contributed by atoms with Crippen LogP contribution in [0.15, 0.2) is 22.8 Å². The summed E-state index contributed by atoms with van der Waals surface area (Å²) in [4.78, 5) is 24.0. The first-order valence-electron chi connectivity index (χ1n) is 5.51. The number of carboxylic acids is 1. The molecule has 0 saturated carbocycles. The molecule has 18 heavy (non-hydrogen) atoms. The smallest absolute Gasteiger partial charge is 0.417 e. The molecule has 1 aromatic rings. The quantitative estimate of drug-likeness (QED) is 0.897. The summed E-state index contributed by atoms with van der Waals surface area (Å²) in [6.45, 7) is 6.50. The molecular weight excluding hydrogens is 238 g/mol. The maximum Gasteiger partial charge on any atom is 0.417 e. The molecule has 1 rings (SSSR count). The number of carbonyl (C=O) groups excluding carboxylic acids is 1. The molecule has 1 heterocycles. The lowest BCUT2D eigenvalue weighted by Gasteiger charge is -2.27. The van der Waals surface area contributed by atoms with Crippen molar-refractivity contribution in [1.29, 1.82) is 0 Å². The lowest BCUT2D eigenvalue weighted by Crippen LogP contribution is -2.45. The maximum absolute atomic E-state index is 12.0. The third-order valence-electron chi connectivity index (χ3n) is 2.08. The van der Waals surface area contributed by atoms with Gasteiger partial charge in [-0.15, -0.1) is 0 Å². The van der Waals surface area contributed by atoms with Crippen LogP contribution in [0.5, 0.6) is 0 Å². The second-order valence-electron chi connectivity index (χ2n) is 4.82. The Morgan fingerprint density at radius 2 is 2.06 bits per heavy atom. The van der Waals surface area contributed by atoms with Crippen LogP contribution >= 0.6 is 0 Å². The van der Waals surface area contributed by atoms with E-state index in [-0.39, 0.29) is 5.88 Å². The van der Waals surface area contributed by atoms with Crippen molar-refractivity contribution in [1.82, 2.24) is 0 Å². The Bertz CT molecular complexity index is 418. The Hall–Kier alpha value is -1.98. The standard InChI is InChI=1S/C12H17NO5/c1-8(10(14)15)13(9-6-5-7-17-9)11(16)18-12(2,3)4/h5-8H,1-4H3,(H,14,15). The van der Waals surface area contributed by atoms with Gasteiger partial charge in [-0.1, -0.05) is 0 Å². The van der Waals surface area contributed by atoms with Gasteiger partial charge in [0.25, 0.3) is 0 Å². The number of ether oxygens (including phenoxy) is 1. The van der Waals surface area contributed by atoms with Crippen molar-refractivity contribution in [2.45, 2.75) is 39.3 Å². The first-order valence-corrected chi connectivity index (χ1v) is 5.51. The lowest BCUT2D eigenvalue weighted by molar-refractivity contribution is -0.138. The van der Waals surface area contributed by atoms with Crippen molar-refractivity contribution in [3.8, 4) is 0 Å². The zero-order valence-corrected chi connectivity index (χ0v) is 10.8. The molecule has 100 valence electrons. The molecule has 1 N–H and O–H groups in total. The minimum atomic E-state index is -1.14. The topological polar surface area (TPSA) is 80.0 Å². The number of hydrogen-bond donors (Lipinski definition) is 1. The molecule has 0 saturated heterocycles. The number of carboxylic acid groups (broad SMARTS) is 1. The van der Waals surface area contributed by atoms with Gasteiger partial charge in [-0.2, -0.15) is 0 Å². The average molecular weight is 255 g/mol. The van der Waals surface area contributed by atoms with Gasteiger partial charge >= 0.3 is 12.1 Å². The molecule has 0 fully saturated rings. The lowest BCUT2D eigenvalue weighted by atomic mass is 10.2. The molecule has 0 radical (unpaired) electrons. The van der Waals surface area contributed by atoms with E-state index in [9.17, 15) is 9.59 Å². The zero-order valence-electron chi connectivity index (χ0n) is 10.8. The minimum Gasteiger partial charge on any atom is -0.480 e. The number of hydrogen-bond acceptors (Lipinski definition) is 4. The molecule has 0 aromatic carbocycles. The molecule has 6 nitrogen and oxygen atoms in total. The zero-order chi connectivity index (χ0) is 13.9. The minimum absolute atomic E-state index is 0.138. The van der Waals surface area contributed by atoms with Gasteiger partial charge < -0.3 is 14.3 Å². The fourth-order valence-electron chi connectivity index (χ4n) is 1.27. The third kappa shape index (κ3) is 3.51. The van der Waals surface area contributed by atoms with Crippen LogP contribution in [0, 0.1) is 0 Å². The molecule has 6 heteroatoms. The second kappa shape index (κ2) is 5.12. The van der Waals surface area contributed by atoms with Crippen molar-refractivity contribution in [3.63, 3.8) is 0 Å². The highest BCUT2D eigenvalue weighted by Gasteiger charge is 2.32. The van der Waals surface area contributed by atoms with E-state index in [4.69, 9.17) is 14.3 Å². The van der Waals surface area contributed by atoms with Crippen LogP contribution in [0.3, 0.4) is 0 Å². The molecule has 0 aliphatic rings. The molecular formula is C12H17NO5. The Balaban J connectivity index is 2.99. The van der Waals surface area contributed by atoms with Crippen LogP contribution in [-0.2, 0) is 9.53 Å². The monoisotopic (exact) mass is 255 g/mol. The fraction of sp³-hybridized carbons (Fsp3) is 0.500. The number of carbonyl (C=O) groups is 2. The molecule has 1 unspecified atom stereocenters. The van der Waals surface area contributed by atoms with Crippen molar-refractivity contribution in [2.75, 3.05) is 4.90 Å². The number of nitrogens with zero attached hydrogens (tertiary/aromatic N) is 1. The predicted molar refractivity (Wildman–Crippen MR) is 64.5 cm³/mol. The average Bonchev–Trinajstić information content (AvgIpc) is 2.67. The number of amides is 1. The summed E-state index contributed by atoms with van der Waals surface area (Å²) < 4.78 is 10.2. The number of anilines is 1. The van der Waals surface area contributed by atoms with Gasteiger partial charge in [0.05, 0.1) is 6.26 Å². The molecule has 1 amide bonds. The largest absolute Gasteiger partial charge is 0.480 e. The summed E-state index contributed by atoms with van der Waals surface area (Å²) in [5, 5.41) is 9.01. The maximum atomic E-state index is 12.0. The third-order valence-corrected chi connectivity index (χ3v) is 2.08. The number of rotatable bonds is 3. The SMILES string of the molecule is CC(C(=O)O)N(C(=O)OC(C)(C)C)c1ccco1. The van der Waals surface area contributed by atoms with Crippen LogP contribution in [0.25, 0.3) is 0 Å². The fourth-order valence-corrected chi connectivity index (χ4v) is 1.27. The van der Waals surface area contributed by atoms with E-state index in [2.05, 4.69) is 0 Å². The first kappa shape index (κ1) is 14.1. The summed E-state index contributed by atoms with van der Waals surface area (Å²) >= 11 is 0. The van der Waals surface area contributed by atoms with Crippen LogP contribution in [0.2, 0.25) is 0 Å².